The molecule has 6 rings (SSSR count). The molecule has 0 unspecified atom stereocenters. The number of amidine groups is 1. The smallest absolute Gasteiger partial charge is 0.151 e. The Morgan fingerprint density at radius 3 is 2.39 bits per heavy atom. The number of carbonyl (C=O) groups excluding carboxylic acids is 1. The molecule has 38 heavy (non-hydrogen) atoms. The van der Waals surface area contributed by atoms with Crippen molar-refractivity contribution in [1.82, 2.24) is 5.16 Å². The first-order valence-electron chi connectivity index (χ1n) is 15.0. The predicted molar refractivity (Wildman–Crippen MR) is 148 cm³/mol. The number of aromatic nitrogens is 1. The summed E-state index contributed by atoms with van der Waals surface area (Å²) in [6.45, 7) is 16.9. The Kier molecular flexibility index (Phi) is 5.47. The number of hydrogen-bond acceptors (Lipinski definition) is 5. The minimum Gasteiger partial charge on any atom is -0.361 e. The van der Waals surface area contributed by atoms with Crippen LogP contribution in [0.15, 0.2) is 20.8 Å². The Bertz CT molecular complexity index is 1210. The quantitative estimate of drug-likeness (QED) is 0.232. The monoisotopic (exact) mass is 520 g/mol. The van der Waals surface area contributed by atoms with E-state index in [1.54, 1.807) is 7.05 Å². The summed E-state index contributed by atoms with van der Waals surface area (Å²) in [5.74, 6) is 3.25. The second-order valence-corrected chi connectivity index (χ2v) is 16.0. The minimum absolute atomic E-state index is 0.0125. The zero-order valence-electron chi connectivity index (χ0n) is 24.9. The van der Waals surface area contributed by atoms with Crippen molar-refractivity contribution in [2.45, 2.75) is 112 Å². The molecule has 1 N–H and O–H groups in total. The molecular weight excluding hydrogens is 472 g/mol. The Labute approximate surface area is 228 Å². The van der Waals surface area contributed by atoms with Crippen molar-refractivity contribution in [3.05, 3.63) is 17.5 Å². The molecule has 1 heterocycles. The van der Waals surface area contributed by atoms with Crippen molar-refractivity contribution >= 4 is 11.6 Å². The average Bonchev–Trinajstić information content (AvgIpc) is 3.30. The summed E-state index contributed by atoms with van der Waals surface area (Å²) in [4.78, 5) is 19.2. The highest BCUT2D eigenvalue weighted by atomic mass is 16.5. The zero-order chi connectivity index (χ0) is 27.5. The summed E-state index contributed by atoms with van der Waals surface area (Å²) in [6, 6.07) is 0. The third kappa shape index (κ3) is 3.04. The molecule has 6 nitrogen and oxygen atoms in total. The third-order valence-corrected chi connectivity index (χ3v) is 13.7. The molecule has 208 valence electrons. The molecule has 0 bridgehead atoms. The van der Waals surface area contributed by atoms with Gasteiger partial charge in [0.05, 0.1) is 6.20 Å². The zero-order valence-corrected chi connectivity index (χ0v) is 24.9. The van der Waals surface area contributed by atoms with Crippen molar-refractivity contribution < 1.29 is 9.32 Å². The molecule has 4 saturated carbocycles. The van der Waals surface area contributed by atoms with Crippen molar-refractivity contribution in [2.24, 2.45) is 60.9 Å². The predicted octanol–water partition coefficient (Wildman–Crippen LogP) is 7.81. The maximum absolute atomic E-state index is 14.7. The summed E-state index contributed by atoms with van der Waals surface area (Å²) >= 11 is 0. The first kappa shape index (κ1) is 26.4. The van der Waals surface area contributed by atoms with E-state index >= 15 is 0 Å². The van der Waals surface area contributed by atoms with Crippen LogP contribution >= 0.6 is 0 Å². The summed E-state index contributed by atoms with van der Waals surface area (Å²) in [5.41, 5.74) is 9.19. The van der Waals surface area contributed by atoms with Crippen LogP contribution in [0.3, 0.4) is 0 Å². The van der Waals surface area contributed by atoms with E-state index in [0.717, 1.165) is 57.1 Å². The molecule has 0 aromatic carbocycles. The van der Waals surface area contributed by atoms with E-state index in [1.165, 1.54) is 5.56 Å². The van der Waals surface area contributed by atoms with E-state index < -0.39 is 0 Å². The Hall–Kier alpha value is -1.85. The number of carbonyl (C=O) groups is 1. The lowest BCUT2D eigenvalue weighted by Crippen LogP contribution is -2.69. The molecule has 0 saturated heterocycles. The summed E-state index contributed by atoms with van der Waals surface area (Å²) in [5, 5.41) is 8.23. The number of hydrogen-bond donors (Lipinski definition) is 1. The fourth-order valence-electron chi connectivity index (χ4n) is 11.8. The van der Waals surface area contributed by atoms with Gasteiger partial charge in [0.2, 0.25) is 0 Å². The lowest BCUT2D eigenvalue weighted by atomic mass is 9.31. The van der Waals surface area contributed by atoms with Crippen LogP contribution in [0.5, 0.6) is 0 Å². The largest absolute Gasteiger partial charge is 0.361 e. The van der Waals surface area contributed by atoms with Crippen molar-refractivity contribution in [2.75, 3.05) is 7.05 Å². The number of aliphatic imine (C=N–C) groups is 1. The van der Waals surface area contributed by atoms with Crippen LogP contribution in [-0.2, 0) is 16.6 Å². The average molecular weight is 521 g/mol. The van der Waals surface area contributed by atoms with E-state index in [4.69, 9.17) is 10.1 Å². The molecule has 4 fully saturated rings. The molecule has 6 heteroatoms. The number of nitrogens with zero attached hydrogens (tertiary/aromatic N) is 3. The molecule has 0 amide bonds. The Morgan fingerprint density at radius 2 is 1.71 bits per heavy atom. The number of fused-ring (bicyclic) bond motifs is 8. The number of rotatable bonds is 1. The van der Waals surface area contributed by atoms with Gasteiger partial charge in [0, 0.05) is 35.8 Å². The van der Waals surface area contributed by atoms with Gasteiger partial charge in [-0.15, -0.1) is 5.11 Å². The Morgan fingerprint density at radius 1 is 1.00 bits per heavy atom. The topological polar surface area (TPSA) is 91.7 Å². The normalized spacial score (nSPS) is 47.2. The number of ketones is 1. The minimum atomic E-state index is -0.236. The van der Waals surface area contributed by atoms with Crippen LogP contribution in [0.25, 0.3) is 0 Å². The van der Waals surface area contributed by atoms with Gasteiger partial charge in [-0.25, -0.2) is 5.53 Å². The second-order valence-electron chi connectivity index (χ2n) is 16.0. The molecule has 5 aliphatic rings. The summed E-state index contributed by atoms with van der Waals surface area (Å²) < 4.78 is 5.83. The molecule has 1 aromatic heterocycles. The van der Waals surface area contributed by atoms with Crippen molar-refractivity contribution in [3.63, 3.8) is 0 Å². The maximum Gasteiger partial charge on any atom is 0.151 e. The summed E-state index contributed by atoms with van der Waals surface area (Å²) in [6.07, 6.45) is 11.0. The molecule has 0 radical (unpaired) electrons. The van der Waals surface area contributed by atoms with Gasteiger partial charge < -0.3 is 4.52 Å². The second kappa shape index (κ2) is 7.87. The molecule has 0 aliphatic heterocycles. The van der Waals surface area contributed by atoms with E-state index in [1.807, 2.05) is 6.20 Å². The van der Waals surface area contributed by atoms with Crippen molar-refractivity contribution in [1.29, 1.82) is 5.53 Å². The molecule has 1 aromatic rings. The van der Waals surface area contributed by atoms with Gasteiger partial charge in [-0.1, -0.05) is 53.6 Å². The van der Waals surface area contributed by atoms with Crippen LogP contribution in [0.4, 0.5) is 0 Å². The summed E-state index contributed by atoms with van der Waals surface area (Å²) in [7, 11) is 1.79. The van der Waals surface area contributed by atoms with Crippen molar-refractivity contribution in [3.8, 4) is 0 Å². The number of nitrogens with one attached hydrogen (secondary N) is 1. The van der Waals surface area contributed by atoms with E-state index in [0.29, 0.717) is 29.9 Å². The maximum atomic E-state index is 14.7. The highest BCUT2D eigenvalue weighted by molar-refractivity contribution is 5.91. The first-order chi connectivity index (χ1) is 17.7. The molecule has 8 atom stereocenters. The lowest BCUT2D eigenvalue weighted by Gasteiger charge is -2.72. The molecular formula is C32H48N4O2. The van der Waals surface area contributed by atoms with E-state index in [9.17, 15) is 4.79 Å². The standard InChI is InChI=1S/C32H48N4O2/c1-27(2)11-13-32(26(34-8)36-33)14-12-31(7)24(20(32)17-27)21(37)15-23-29(5)16-19-18-35-38-25(19)28(3,4)22(29)9-10-30(23,31)6/h18,20,22-24,33H,9-17H2,1-8H3/b34-26-,36-33?/t20-,22-,23+,24-,29-,30+,31+,32-/m0/s1. The third-order valence-electron chi connectivity index (χ3n) is 13.7. The van der Waals surface area contributed by atoms with Gasteiger partial charge in [-0.3, -0.25) is 9.79 Å². The fraction of sp³-hybridized carbons (Fsp3) is 0.844. The van der Waals surface area contributed by atoms with Gasteiger partial charge in [0.15, 0.2) is 5.84 Å². The highest BCUT2D eigenvalue weighted by Gasteiger charge is 2.72. The highest BCUT2D eigenvalue weighted by Crippen LogP contribution is 2.76. The first-order valence-corrected chi connectivity index (χ1v) is 15.0. The molecule has 0 spiro atoms. The lowest BCUT2D eigenvalue weighted by molar-refractivity contribution is -0.222. The van der Waals surface area contributed by atoms with Crippen LogP contribution < -0.4 is 0 Å². The van der Waals surface area contributed by atoms with Crippen LogP contribution in [0, 0.1) is 56.3 Å². The SMILES string of the molecule is C/N=C(\N=N)[C@]12CCC(C)(C)C[C@H]1[C@H]1C(=O)C[C@@H]3[C@@]4(C)Cc5cnoc5C(C)(C)[C@@H]4CC[C@@]3(C)[C@]1(C)CC2. The Balaban J connectivity index is 1.47. The van der Waals surface area contributed by atoms with E-state index in [-0.39, 0.29) is 44.3 Å². The van der Waals surface area contributed by atoms with Crippen LogP contribution in [-0.4, -0.2) is 23.8 Å². The molecule has 5 aliphatic carbocycles. The van der Waals surface area contributed by atoms with E-state index in [2.05, 4.69) is 63.7 Å². The van der Waals surface area contributed by atoms with Gasteiger partial charge in [-0.2, -0.15) is 0 Å². The van der Waals surface area contributed by atoms with Gasteiger partial charge in [-0.05, 0) is 90.8 Å². The van der Waals surface area contributed by atoms with Gasteiger partial charge >= 0.3 is 0 Å². The van der Waals surface area contributed by atoms with Gasteiger partial charge in [0.25, 0.3) is 0 Å². The van der Waals surface area contributed by atoms with Gasteiger partial charge in [0.1, 0.15) is 11.5 Å². The van der Waals surface area contributed by atoms with Crippen LogP contribution in [0.2, 0.25) is 0 Å². The fourth-order valence-corrected chi connectivity index (χ4v) is 11.8. The number of Topliss-reactive ketones (excluding diaryl/α,β-unsaturated/α-hetero) is 1. The van der Waals surface area contributed by atoms with Crippen LogP contribution in [0.1, 0.15) is 111 Å².